The molecule has 0 rings (SSSR count). The third kappa shape index (κ3) is 34.7. The maximum Gasteiger partial charge on any atom is 0.328 e. The molecule has 0 aromatic rings. The fourth-order valence-electron chi connectivity index (χ4n) is 6.42. The van der Waals surface area contributed by atoms with E-state index in [2.05, 4.69) is 36.6 Å². The molecule has 2 amide bonds. The number of carbonyl (C=O) groups excluding carboxylic acids is 3. The van der Waals surface area contributed by atoms with Gasteiger partial charge in [-0.3, -0.25) is 14.4 Å². The van der Waals surface area contributed by atoms with E-state index in [4.69, 9.17) is 14.9 Å². The molecule has 4 N–H and O–H groups in total. The summed E-state index contributed by atoms with van der Waals surface area (Å²) in [5.74, 6) is -2.38. The van der Waals surface area contributed by atoms with E-state index in [-0.39, 0.29) is 30.9 Å². The summed E-state index contributed by atoms with van der Waals surface area (Å²) in [5, 5.41) is 22.5. The number of allylic oxidation sites excluding steroid dienone is 2. The summed E-state index contributed by atoms with van der Waals surface area (Å²) in [4.78, 5) is 47.3. The molecule has 0 aliphatic rings. The topological polar surface area (TPSA) is 142 Å². The van der Waals surface area contributed by atoms with Crippen molar-refractivity contribution < 1.29 is 34.1 Å². The zero-order valence-corrected chi connectivity index (χ0v) is 33.6. The standard InChI is InChI=1S/C43H80N2O7/c1-3-5-7-8-9-10-11-12-13-14-15-16-17-18-19-20-21-22-23-24-25-26-31-35-42(49)52-38(32-28-6-4-2)33-29-27-30-34-40(47)44-36-41(48)45-39(37-46)43(50)51/h14-15,38-39,46H,3-13,16-37H2,1-2H3,(H,44,47)(H,45,48)(H,50,51)/b15-14-. The minimum Gasteiger partial charge on any atom is -0.480 e. The number of amides is 2. The zero-order chi connectivity index (χ0) is 38.3. The van der Waals surface area contributed by atoms with Gasteiger partial charge in [-0.2, -0.15) is 0 Å². The first-order chi connectivity index (χ1) is 25.3. The summed E-state index contributed by atoms with van der Waals surface area (Å²) in [7, 11) is 0. The first kappa shape index (κ1) is 49.6. The number of carbonyl (C=O) groups is 4. The third-order valence-corrected chi connectivity index (χ3v) is 9.76. The zero-order valence-electron chi connectivity index (χ0n) is 33.6. The number of aliphatic carboxylic acids is 1. The van der Waals surface area contributed by atoms with E-state index in [1.165, 1.54) is 122 Å². The van der Waals surface area contributed by atoms with Crippen molar-refractivity contribution in [1.29, 1.82) is 0 Å². The van der Waals surface area contributed by atoms with Gasteiger partial charge in [-0.25, -0.2) is 4.79 Å². The van der Waals surface area contributed by atoms with Crippen molar-refractivity contribution in [2.24, 2.45) is 0 Å². The maximum absolute atomic E-state index is 12.6. The maximum atomic E-state index is 12.6. The average Bonchev–Trinajstić information content (AvgIpc) is 3.12. The van der Waals surface area contributed by atoms with Crippen molar-refractivity contribution in [3.05, 3.63) is 12.2 Å². The second kappa shape index (κ2) is 38.3. The summed E-state index contributed by atoms with van der Waals surface area (Å²) in [5.41, 5.74) is 0. The highest BCUT2D eigenvalue weighted by atomic mass is 16.5. The van der Waals surface area contributed by atoms with E-state index < -0.39 is 24.5 Å². The molecule has 0 spiro atoms. The van der Waals surface area contributed by atoms with Crippen LogP contribution in [0.3, 0.4) is 0 Å². The highest BCUT2D eigenvalue weighted by Crippen LogP contribution is 2.18. The molecule has 52 heavy (non-hydrogen) atoms. The van der Waals surface area contributed by atoms with Crippen LogP contribution in [0.25, 0.3) is 0 Å². The number of unbranched alkanes of at least 4 members (excludes halogenated alkanes) is 23. The molecule has 0 saturated heterocycles. The van der Waals surface area contributed by atoms with Crippen molar-refractivity contribution in [2.75, 3.05) is 13.2 Å². The van der Waals surface area contributed by atoms with Crippen LogP contribution in [0.5, 0.6) is 0 Å². The second-order valence-corrected chi connectivity index (χ2v) is 14.8. The van der Waals surface area contributed by atoms with Crippen LogP contribution in [-0.4, -0.2) is 59.3 Å². The van der Waals surface area contributed by atoms with Gasteiger partial charge in [-0.05, 0) is 64.2 Å². The average molecular weight is 737 g/mol. The Morgan fingerprint density at radius 1 is 0.558 bits per heavy atom. The number of hydrogen-bond donors (Lipinski definition) is 4. The summed E-state index contributed by atoms with van der Waals surface area (Å²) in [6.07, 6.45) is 40.1. The Morgan fingerprint density at radius 3 is 1.48 bits per heavy atom. The molecule has 2 atom stereocenters. The predicted molar refractivity (Wildman–Crippen MR) is 213 cm³/mol. The highest BCUT2D eigenvalue weighted by Gasteiger charge is 2.19. The second-order valence-electron chi connectivity index (χ2n) is 14.8. The molecule has 0 aliphatic carbocycles. The molecule has 0 aromatic carbocycles. The van der Waals surface area contributed by atoms with Crippen LogP contribution in [0.4, 0.5) is 0 Å². The number of carboxylic acid groups (broad SMARTS) is 1. The molecule has 304 valence electrons. The van der Waals surface area contributed by atoms with E-state index in [9.17, 15) is 19.2 Å². The molecule has 0 bridgehead atoms. The van der Waals surface area contributed by atoms with Crippen LogP contribution in [0.2, 0.25) is 0 Å². The minimum atomic E-state index is -1.39. The van der Waals surface area contributed by atoms with Crippen LogP contribution in [0.15, 0.2) is 12.2 Å². The summed E-state index contributed by atoms with van der Waals surface area (Å²) in [6, 6.07) is -1.39. The van der Waals surface area contributed by atoms with Gasteiger partial charge in [0.1, 0.15) is 12.1 Å². The van der Waals surface area contributed by atoms with Gasteiger partial charge < -0.3 is 25.6 Å². The number of ether oxygens (including phenoxy) is 1. The fourth-order valence-corrected chi connectivity index (χ4v) is 6.42. The lowest BCUT2D eigenvalue weighted by Crippen LogP contribution is -2.47. The lowest BCUT2D eigenvalue weighted by atomic mass is 10.0. The molecule has 0 saturated carbocycles. The largest absolute Gasteiger partial charge is 0.480 e. The van der Waals surface area contributed by atoms with E-state index in [0.717, 1.165) is 57.8 Å². The van der Waals surface area contributed by atoms with Gasteiger partial charge in [0.2, 0.25) is 11.8 Å². The van der Waals surface area contributed by atoms with Gasteiger partial charge >= 0.3 is 11.9 Å². The van der Waals surface area contributed by atoms with Gasteiger partial charge in [0.15, 0.2) is 0 Å². The van der Waals surface area contributed by atoms with Gasteiger partial charge in [-0.15, -0.1) is 0 Å². The van der Waals surface area contributed by atoms with Gasteiger partial charge in [0.05, 0.1) is 13.2 Å². The molecule has 9 nitrogen and oxygen atoms in total. The fraction of sp³-hybridized carbons (Fsp3) is 0.860. The van der Waals surface area contributed by atoms with Crippen LogP contribution in [0, 0.1) is 0 Å². The van der Waals surface area contributed by atoms with Crippen LogP contribution >= 0.6 is 0 Å². The summed E-state index contributed by atoms with van der Waals surface area (Å²) >= 11 is 0. The lowest BCUT2D eigenvalue weighted by Gasteiger charge is -2.18. The monoisotopic (exact) mass is 737 g/mol. The van der Waals surface area contributed by atoms with Crippen molar-refractivity contribution in [2.45, 2.75) is 225 Å². The SMILES string of the molecule is CCCCCCCCCC/C=C\CCCCCCCCCCCCCC(=O)OC(CCCCC)CCCCCC(=O)NCC(=O)NC(CO)C(=O)O. The van der Waals surface area contributed by atoms with Crippen LogP contribution < -0.4 is 10.6 Å². The number of aliphatic hydroxyl groups is 1. The van der Waals surface area contributed by atoms with Crippen LogP contribution in [0.1, 0.15) is 213 Å². The molecular formula is C43H80N2O7. The Kier molecular flexibility index (Phi) is 36.5. The Balaban J connectivity index is 3.80. The number of nitrogens with one attached hydrogen (secondary N) is 2. The smallest absolute Gasteiger partial charge is 0.328 e. The quantitative estimate of drug-likeness (QED) is 0.0279. The number of esters is 1. The molecule has 9 heteroatoms. The van der Waals surface area contributed by atoms with E-state index in [1.54, 1.807) is 0 Å². The lowest BCUT2D eigenvalue weighted by molar-refractivity contribution is -0.150. The number of hydrogen-bond acceptors (Lipinski definition) is 6. The predicted octanol–water partition coefficient (Wildman–Crippen LogP) is 10.3. The third-order valence-electron chi connectivity index (χ3n) is 9.76. The molecule has 2 unspecified atom stereocenters. The van der Waals surface area contributed by atoms with Gasteiger partial charge in [-0.1, -0.05) is 148 Å². The summed E-state index contributed by atoms with van der Waals surface area (Å²) < 4.78 is 5.87. The van der Waals surface area contributed by atoms with Crippen molar-refractivity contribution >= 4 is 23.8 Å². The first-order valence-corrected chi connectivity index (χ1v) is 21.6. The molecule has 0 fully saturated rings. The number of rotatable bonds is 39. The Labute approximate surface area is 318 Å². The number of carboxylic acids is 1. The van der Waals surface area contributed by atoms with Crippen molar-refractivity contribution in [3.63, 3.8) is 0 Å². The molecule has 0 aromatic heterocycles. The van der Waals surface area contributed by atoms with Gasteiger partial charge in [0.25, 0.3) is 0 Å². The normalized spacial score (nSPS) is 12.5. The highest BCUT2D eigenvalue weighted by molar-refractivity contribution is 5.87. The molecule has 0 radical (unpaired) electrons. The molecule has 0 aliphatic heterocycles. The van der Waals surface area contributed by atoms with Gasteiger partial charge in [0, 0.05) is 12.8 Å². The van der Waals surface area contributed by atoms with Crippen molar-refractivity contribution in [1.82, 2.24) is 10.6 Å². The molecular weight excluding hydrogens is 656 g/mol. The minimum absolute atomic E-state index is 0.0775. The Bertz CT molecular complexity index is 895. The number of aliphatic hydroxyl groups excluding tert-OH is 1. The summed E-state index contributed by atoms with van der Waals surface area (Å²) in [6.45, 7) is 3.38. The van der Waals surface area contributed by atoms with E-state index >= 15 is 0 Å². The van der Waals surface area contributed by atoms with E-state index in [0.29, 0.717) is 12.8 Å². The Hall–Kier alpha value is -2.42. The molecule has 0 heterocycles. The van der Waals surface area contributed by atoms with Crippen LogP contribution in [-0.2, 0) is 23.9 Å². The first-order valence-electron chi connectivity index (χ1n) is 21.6. The van der Waals surface area contributed by atoms with Crippen molar-refractivity contribution in [3.8, 4) is 0 Å². The van der Waals surface area contributed by atoms with E-state index in [1.807, 2.05) is 0 Å². The Morgan fingerprint density at radius 2 is 0.981 bits per heavy atom.